The first-order valence-corrected chi connectivity index (χ1v) is 8.38. The van der Waals surface area contributed by atoms with Crippen molar-refractivity contribution in [1.82, 2.24) is 24.9 Å². The Bertz CT molecular complexity index is 970. The standard InChI is InChI=1S/C19H18FN5O/c1-24-11-13(10-21-24)2-7-18(26)25-9-8-17-16(12-25)19(23-22-17)14-3-5-15(20)6-4-14/h2-7,10-11H,8-9,12H2,1H3,(H,22,23)/b7-2+. The molecule has 3 heterocycles. The van der Waals surface area contributed by atoms with Crippen molar-refractivity contribution in [2.75, 3.05) is 6.54 Å². The van der Waals surface area contributed by atoms with E-state index in [-0.39, 0.29) is 11.7 Å². The molecule has 0 unspecified atom stereocenters. The van der Waals surface area contributed by atoms with Crippen molar-refractivity contribution in [2.45, 2.75) is 13.0 Å². The Kier molecular flexibility index (Phi) is 4.12. The van der Waals surface area contributed by atoms with Crippen LogP contribution in [0.2, 0.25) is 0 Å². The number of nitrogens with zero attached hydrogens (tertiary/aromatic N) is 4. The number of nitrogens with one attached hydrogen (secondary N) is 1. The lowest BCUT2D eigenvalue weighted by atomic mass is 10.0. The zero-order chi connectivity index (χ0) is 18.1. The number of hydrogen-bond acceptors (Lipinski definition) is 3. The Morgan fingerprint density at radius 2 is 2.12 bits per heavy atom. The Morgan fingerprint density at radius 1 is 1.31 bits per heavy atom. The molecule has 4 rings (SSSR count). The lowest BCUT2D eigenvalue weighted by Crippen LogP contribution is -2.34. The van der Waals surface area contributed by atoms with Gasteiger partial charge in [-0.15, -0.1) is 0 Å². The minimum Gasteiger partial charge on any atom is -0.334 e. The van der Waals surface area contributed by atoms with Crippen LogP contribution in [-0.4, -0.2) is 37.3 Å². The number of benzene rings is 1. The molecule has 0 atom stereocenters. The van der Waals surface area contributed by atoms with E-state index >= 15 is 0 Å². The van der Waals surface area contributed by atoms with E-state index in [4.69, 9.17) is 0 Å². The second-order valence-electron chi connectivity index (χ2n) is 6.33. The number of aromatic nitrogens is 4. The van der Waals surface area contributed by atoms with E-state index in [1.165, 1.54) is 12.1 Å². The Morgan fingerprint density at radius 3 is 2.85 bits per heavy atom. The second kappa shape index (κ2) is 6.59. The van der Waals surface area contributed by atoms with Gasteiger partial charge in [-0.3, -0.25) is 14.6 Å². The van der Waals surface area contributed by atoms with Crippen LogP contribution in [0.25, 0.3) is 17.3 Å². The molecular formula is C19H18FN5O. The van der Waals surface area contributed by atoms with E-state index in [1.54, 1.807) is 40.1 Å². The Hall–Kier alpha value is -3.22. The first-order valence-electron chi connectivity index (χ1n) is 8.38. The summed E-state index contributed by atoms with van der Waals surface area (Å²) in [5, 5.41) is 11.5. The maximum atomic E-state index is 13.2. The number of amides is 1. The molecule has 132 valence electrons. The van der Waals surface area contributed by atoms with Crippen LogP contribution in [0, 0.1) is 5.82 Å². The molecule has 1 aliphatic heterocycles. The number of aromatic amines is 1. The molecule has 1 N–H and O–H groups in total. The molecule has 26 heavy (non-hydrogen) atoms. The third kappa shape index (κ3) is 3.15. The van der Waals surface area contributed by atoms with Gasteiger partial charge in [-0.1, -0.05) is 0 Å². The maximum Gasteiger partial charge on any atom is 0.246 e. The number of fused-ring (bicyclic) bond motifs is 1. The van der Waals surface area contributed by atoms with E-state index < -0.39 is 0 Å². The average molecular weight is 351 g/mol. The van der Waals surface area contributed by atoms with Gasteiger partial charge in [0.2, 0.25) is 5.91 Å². The van der Waals surface area contributed by atoms with Crippen LogP contribution < -0.4 is 0 Å². The first kappa shape index (κ1) is 16.3. The van der Waals surface area contributed by atoms with E-state index in [9.17, 15) is 9.18 Å². The van der Waals surface area contributed by atoms with Crippen molar-refractivity contribution < 1.29 is 9.18 Å². The van der Waals surface area contributed by atoms with E-state index in [0.29, 0.717) is 13.1 Å². The smallest absolute Gasteiger partial charge is 0.246 e. The summed E-state index contributed by atoms with van der Waals surface area (Å²) in [7, 11) is 1.83. The highest BCUT2D eigenvalue weighted by molar-refractivity contribution is 5.92. The molecule has 1 amide bonds. The summed E-state index contributed by atoms with van der Waals surface area (Å²) in [6.07, 6.45) is 7.61. The lowest BCUT2D eigenvalue weighted by molar-refractivity contribution is -0.126. The molecule has 0 aliphatic carbocycles. The second-order valence-corrected chi connectivity index (χ2v) is 6.33. The number of rotatable bonds is 3. The zero-order valence-corrected chi connectivity index (χ0v) is 14.3. The molecular weight excluding hydrogens is 333 g/mol. The molecule has 0 saturated carbocycles. The van der Waals surface area contributed by atoms with Crippen molar-refractivity contribution in [3.05, 3.63) is 65.4 Å². The molecule has 6 nitrogen and oxygen atoms in total. The monoisotopic (exact) mass is 351 g/mol. The predicted octanol–water partition coefficient (Wildman–Crippen LogP) is 2.55. The summed E-state index contributed by atoms with van der Waals surface area (Å²) >= 11 is 0. The van der Waals surface area contributed by atoms with Crippen LogP contribution in [0.3, 0.4) is 0 Å². The Balaban J connectivity index is 1.53. The summed E-state index contributed by atoms with van der Waals surface area (Å²) in [4.78, 5) is 14.3. The summed E-state index contributed by atoms with van der Waals surface area (Å²) < 4.78 is 14.9. The van der Waals surface area contributed by atoms with Crippen molar-refractivity contribution in [1.29, 1.82) is 0 Å². The van der Waals surface area contributed by atoms with E-state index in [2.05, 4.69) is 15.3 Å². The molecule has 0 saturated heterocycles. The first-order chi connectivity index (χ1) is 12.6. The van der Waals surface area contributed by atoms with Crippen LogP contribution >= 0.6 is 0 Å². The Labute approximate surface area is 149 Å². The van der Waals surface area contributed by atoms with Crippen LogP contribution in [0.5, 0.6) is 0 Å². The third-order valence-corrected chi connectivity index (χ3v) is 4.51. The summed E-state index contributed by atoms with van der Waals surface area (Å²) in [6, 6.07) is 6.24. The number of carbonyl (C=O) groups is 1. The normalized spacial score (nSPS) is 14.0. The van der Waals surface area contributed by atoms with Gasteiger partial charge in [0, 0.05) is 61.2 Å². The van der Waals surface area contributed by atoms with Crippen LogP contribution in [0.4, 0.5) is 4.39 Å². The summed E-state index contributed by atoms with van der Waals surface area (Å²) in [5.74, 6) is -0.332. The predicted molar refractivity (Wildman–Crippen MR) is 95.3 cm³/mol. The van der Waals surface area contributed by atoms with Gasteiger partial charge in [-0.2, -0.15) is 10.2 Å². The number of aryl methyl sites for hydroxylation is 1. The van der Waals surface area contributed by atoms with Gasteiger partial charge in [-0.05, 0) is 30.3 Å². The van der Waals surface area contributed by atoms with Gasteiger partial charge in [0.1, 0.15) is 5.82 Å². The fraction of sp³-hybridized carbons (Fsp3) is 0.211. The number of carbonyl (C=O) groups excluding carboxylic acids is 1. The van der Waals surface area contributed by atoms with Gasteiger partial charge in [0.25, 0.3) is 0 Å². The SMILES string of the molecule is Cn1cc(/C=C/C(=O)N2CCc3[nH]nc(-c4ccc(F)cc4)c3C2)cn1. The van der Waals surface area contributed by atoms with Crippen LogP contribution in [0.1, 0.15) is 16.8 Å². The average Bonchev–Trinajstić information content (AvgIpc) is 3.26. The molecule has 0 radical (unpaired) electrons. The summed E-state index contributed by atoms with van der Waals surface area (Å²) in [6.45, 7) is 1.11. The number of halogens is 1. The fourth-order valence-corrected chi connectivity index (χ4v) is 3.13. The summed E-state index contributed by atoms with van der Waals surface area (Å²) in [5.41, 5.74) is 4.52. The fourth-order valence-electron chi connectivity index (χ4n) is 3.13. The third-order valence-electron chi connectivity index (χ3n) is 4.51. The molecule has 0 bridgehead atoms. The van der Waals surface area contributed by atoms with Crippen molar-refractivity contribution in [3.8, 4) is 11.3 Å². The highest BCUT2D eigenvalue weighted by Crippen LogP contribution is 2.28. The quantitative estimate of drug-likeness (QED) is 0.738. The van der Waals surface area contributed by atoms with Crippen molar-refractivity contribution in [2.24, 2.45) is 7.05 Å². The topological polar surface area (TPSA) is 66.8 Å². The van der Waals surface area contributed by atoms with Gasteiger partial charge in [0.05, 0.1) is 11.9 Å². The van der Waals surface area contributed by atoms with Gasteiger partial charge in [-0.25, -0.2) is 4.39 Å². The minimum absolute atomic E-state index is 0.0502. The molecule has 1 aliphatic rings. The maximum absolute atomic E-state index is 13.2. The minimum atomic E-state index is -0.282. The highest BCUT2D eigenvalue weighted by atomic mass is 19.1. The zero-order valence-electron chi connectivity index (χ0n) is 14.3. The van der Waals surface area contributed by atoms with Crippen molar-refractivity contribution in [3.63, 3.8) is 0 Å². The molecule has 0 spiro atoms. The molecule has 2 aromatic heterocycles. The molecule has 7 heteroatoms. The molecule has 1 aromatic carbocycles. The largest absolute Gasteiger partial charge is 0.334 e. The lowest BCUT2D eigenvalue weighted by Gasteiger charge is -2.26. The van der Waals surface area contributed by atoms with Gasteiger partial charge in [0.15, 0.2) is 0 Å². The van der Waals surface area contributed by atoms with Crippen LogP contribution in [0.15, 0.2) is 42.7 Å². The van der Waals surface area contributed by atoms with Gasteiger partial charge >= 0.3 is 0 Å². The van der Waals surface area contributed by atoms with E-state index in [0.717, 1.165) is 34.5 Å². The van der Waals surface area contributed by atoms with Crippen LogP contribution in [-0.2, 0) is 24.8 Å². The highest BCUT2D eigenvalue weighted by Gasteiger charge is 2.24. The molecule has 0 fully saturated rings. The van der Waals surface area contributed by atoms with Crippen molar-refractivity contribution >= 4 is 12.0 Å². The molecule has 3 aromatic rings. The number of H-pyrrole nitrogens is 1. The van der Waals surface area contributed by atoms with Gasteiger partial charge < -0.3 is 4.90 Å². The number of hydrogen-bond donors (Lipinski definition) is 1. The van der Waals surface area contributed by atoms with E-state index in [1.807, 2.05) is 13.2 Å².